The Labute approximate surface area is 171 Å². The van der Waals surface area contributed by atoms with Gasteiger partial charge >= 0.3 is 0 Å². The van der Waals surface area contributed by atoms with Gasteiger partial charge in [-0.2, -0.15) is 0 Å². The van der Waals surface area contributed by atoms with E-state index >= 15 is 0 Å². The van der Waals surface area contributed by atoms with E-state index in [2.05, 4.69) is 46.6 Å². The second kappa shape index (κ2) is 12.1. The molecule has 2 rings (SSSR count). The Morgan fingerprint density at radius 1 is 1.16 bits per heavy atom. The maximum absolute atomic E-state index is 5.55. The maximum atomic E-state index is 5.55. The lowest BCUT2D eigenvalue weighted by Crippen LogP contribution is -2.36. The lowest BCUT2D eigenvalue weighted by molar-refractivity contribution is 0.323. The van der Waals surface area contributed by atoms with Gasteiger partial charge in [0.05, 0.1) is 19.7 Å². The first kappa shape index (κ1) is 21.7. The first-order chi connectivity index (χ1) is 11.8. The third-order valence-electron chi connectivity index (χ3n) is 3.38. The predicted octanol–water partition coefficient (Wildman–Crippen LogP) is 3.98. The van der Waals surface area contributed by atoms with Gasteiger partial charge in [0.25, 0.3) is 0 Å². The smallest absolute Gasteiger partial charge is 0.218 e. The average Bonchev–Trinajstić information content (AvgIpc) is 3.07. The van der Waals surface area contributed by atoms with Crippen molar-refractivity contribution in [2.24, 2.45) is 4.99 Å². The molecule has 0 aliphatic heterocycles. The summed E-state index contributed by atoms with van der Waals surface area (Å²) in [6, 6.07) is 8.27. The van der Waals surface area contributed by atoms with E-state index in [-0.39, 0.29) is 24.0 Å². The number of pyridine rings is 1. The molecule has 0 unspecified atom stereocenters. The molecule has 5 nitrogen and oxygen atoms in total. The molecule has 2 aromatic heterocycles. The van der Waals surface area contributed by atoms with Crippen molar-refractivity contribution in [1.29, 1.82) is 0 Å². The molecule has 2 N–H and O–H groups in total. The van der Waals surface area contributed by atoms with Crippen LogP contribution in [0.15, 0.2) is 35.5 Å². The molecule has 0 aliphatic carbocycles. The standard InChI is InChI=1S/C18H26N4OS.HI/c1-4-15-9-10-16(24-15)13-22-18(19-5-2)21-12-14-8-7-11-20-17(14)23-6-3;/h7-11H,4-6,12-13H2,1-3H3,(H2,19,21,22);1H. The lowest BCUT2D eigenvalue weighted by atomic mass is 10.3. The SMILES string of the molecule is CCNC(=NCc1cccnc1OCC)NCc1ccc(CC)s1.I. The molecule has 0 radical (unpaired) electrons. The zero-order valence-corrected chi connectivity index (χ0v) is 18.2. The van der Waals surface area contributed by atoms with Crippen LogP contribution in [0.25, 0.3) is 0 Å². The highest BCUT2D eigenvalue weighted by Crippen LogP contribution is 2.17. The van der Waals surface area contributed by atoms with Crippen molar-refractivity contribution in [3.63, 3.8) is 0 Å². The number of rotatable bonds is 8. The molecule has 7 heteroatoms. The Hall–Kier alpha value is -1.35. The summed E-state index contributed by atoms with van der Waals surface area (Å²) in [4.78, 5) is 11.6. The molecule has 25 heavy (non-hydrogen) atoms. The Morgan fingerprint density at radius 3 is 2.64 bits per heavy atom. The second-order valence-corrected chi connectivity index (χ2v) is 6.42. The summed E-state index contributed by atoms with van der Waals surface area (Å²) < 4.78 is 5.55. The highest BCUT2D eigenvalue weighted by Gasteiger charge is 2.05. The van der Waals surface area contributed by atoms with Crippen LogP contribution in [-0.4, -0.2) is 24.1 Å². The number of guanidine groups is 1. The minimum atomic E-state index is 0. The fourth-order valence-corrected chi connectivity index (χ4v) is 3.09. The van der Waals surface area contributed by atoms with E-state index in [1.165, 1.54) is 9.75 Å². The molecule has 0 aliphatic rings. The Balaban J connectivity index is 0.00000312. The first-order valence-corrected chi connectivity index (χ1v) is 9.24. The molecule has 2 heterocycles. The van der Waals surface area contributed by atoms with Crippen LogP contribution in [0, 0.1) is 0 Å². The maximum Gasteiger partial charge on any atom is 0.218 e. The number of hydrogen-bond donors (Lipinski definition) is 2. The van der Waals surface area contributed by atoms with E-state index in [9.17, 15) is 0 Å². The van der Waals surface area contributed by atoms with E-state index < -0.39 is 0 Å². The fraction of sp³-hybridized carbons (Fsp3) is 0.444. The van der Waals surface area contributed by atoms with Crippen LogP contribution in [0.2, 0.25) is 0 Å². The molecule has 2 aromatic rings. The average molecular weight is 474 g/mol. The van der Waals surface area contributed by atoms with Crippen molar-refractivity contribution in [1.82, 2.24) is 15.6 Å². The third kappa shape index (κ3) is 7.19. The highest BCUT2D eigenvalue weighted by atomic mass is 127. The van der Waals surface area contributed by atoms with Crippen LogP contribution in [0.3, 0.4) is 0 Å². The van der Waals surface area contributed by atoms with Crippen molar-refractivity contribution < 1.29 is 4.74 Å². The number of thiophene rings is 1. The van der Waals surface area contributed by atoms with Gasteiger partial charge in [-0.3, -0.25) is 0 Å². The molecule has 0 bridgehead atoms. The number of halogens is 1. The number of hydrogen-bond acceptors (Lipinski definition) is 4. The summed E-state index contributed by atoms with van der Waals surface area (Å²) >= 11 is 1.84. The Bertz CT molecular complexity index is 660. The van der Waals surface area contributed by atoms with E-state index in [4.69, 9.17) is 4.74 Å². The zero-order chi connectivity index (χ0) is 17.2. The fourth-order valence-electron chi connectivity index (χ4n) is 2.20. The molecule has 0 spiro atoms. The first-order valence-electron chi connectivity index (χ1n) is 8.43. The summed E-state index contributed by atoms with van der Waals surface area (Å²) in [7, 11) is 0. The number of nitrogens with one attached hydrogen (secondary N) is 2. The van der Waals surface area contributed by atoms with Crippen LogP contribution < -0.4 is 15.4 Å². The quantitative estimate of drug-likeness (QED) is 0.345. The molecule has 0 saturated carbocycles. The van der Waals surface area contributed by atoms with E-state index in [0.29, 0.717) is 19.0 Å². The highest BCUT2D eigenvalue weighted by molar-refractivity contribution is 14.0. The van der Waals surface area contributed by atoms with Gasteiger partial charge in [0.2, 0.25) is 5.88 Å². The van der Waals surface area contributed by atoms with Crippen LogP contribution in [0.1, 0.15) is 36.1 Å². The van der Waals surface area contributed by atoms with Gasteiger partial charge in [-0.05, 0) is 38.5 Å². The van der Waals surface area contributed by atoms with Crippen molar-refractivity contribution >= 4 is 41.3 Å². The summed E-state index contributed by atoms with van der Waals surface area (Å²) in [5, 5.41) is 6.66. The van der Waals surface area contributed by atoms with Gasteiger partial charge in [-0.1, -0.05) is 13.0 Å². The second-order valence-electron chi connectivity index (χ2n) is 5.17. The van der Waals surface area contributed by atoms with Crippen molar-refractivity contribution in [2.45, 2.75) is 40.3 Å². The number of aliphatic imine (C=N–C) groups is 1. The summed E-state index contributed by atoms with van der Waals surface area (Å²) in [5.74, 6) is 1.46. The predicted molar refractivity (Wildman–Crippen MR) is 116 cm³/mol. The molecule has 0 amide bonds. The molecule has 138 valence electrons. The number of nitrogens with zero attached hydrogens (tertiary/aromatic N) is 2. The number of aromatic nitrogens is 1. The van der Waals surface area contributed by atoms with Gasteiger partial charge in [0.15, 0.2) is 5.96 Å². The summed E-state index contributed by atoms with van der Waals surface area (Å²) in [6.45, 7) is 8.93. The minimum Gasteiger partial charge on any atom is -0.478 e. The molecular weight excluding hydrogens is 447 g/mol. The van der Waals surface area contributed by atoms with Gasteiger partial charge in [-0.15, -0.1) is 35.3 Å². The Kier molecular flexibility index (Phi) is 10.5. The van der Waals surface area contributed by atoms with Gasteiger partial charge < -0.3 is 15.4 Å². The summed E-state index contributed by atoms with van der Waals surface area (Å²) in [6.07, 6.45) is 2.82. The largest absolute Gasteiger partial charge is 0.478 e. The van der Waals surface area contributed by atoms with Crippen molar-refractivity contribution in [3.05, 3.63) is 45.8 Å². The van der Waals surface area contributed by atoms with Crippen LogP contribution >= 0.6 is 35.3 Å². The van der Waals surface area contributed by atoms with E-state index in [0.717, 1.165) is 31.0 Å². The van der Waals surface area contributed by atoms with Crippen LogP contribution in [0.4, 0.5) is 0 Å². The monoisotopic (exact) mass is 474 g/mol. The third-order valence-corrected chi connectivity index (χ3v) is 4.61. The molecule has 0 atom stereocenters. The number of ether oxygens (including phenoxy) is 1. The molecular formula is C18H27IN4OS. The van der Waals surface area contributed by atoms with Gasteiger partial charge in [-0.25, -0.2) is 9.98 Å². The van der Waals surface area contributed by atoms with Gasteiger partial charge in [0.1, 0.15) is 0 Å². The van der Waals surface area contributed by atoms with Gasteiger partial charge in [0, 0.05) is 28.1 Å². The summed E-state index contributed by atoms with van der Waals surface area (Å²) in [5.41, 5.74) is 0.987. The molecule has 0 aromatic carbocycles. The minimum absolute atomic E-state index is 0. The van der Waals surface area contributed by atoms with E-state index in [1.807, 2.05) is 30.4 Å². The normalized spacial score (nSPS) is 10.9. The van der Waals surface area contributed by atoms with Crippen molar-refractivity contribution in [3.8, 4) is 5.88 Å². The Morgan fingerprint density at radius 2 is 1.96 bits per heavy atom. The lowest BCUT2D eigenvalue weighted by Gasteiger charge is -2.11. The molecule has 0 fully saturated rings. The number of aryl methyl sites for hydroxylation is 1. The topological polar surface area (TPSA) is 58.5 Å². The zero-order valence-electron chi connectivity index (χ0n) is 15.0. The van der Waals surface area contributed by atoms with Crippen LogP contribution in [-0.2, 0) is 19.5 Å². The van der Waals surface area contributed by atoms with E-state index in [1.54, 1.807) is 6.20 Å². The molecule has 0 saturated heterocycles. The van der Waals surface area contributed by atoms with Crippen molar-refractivity contribution in [2.75, 3.05) is 13.2 Å². The van der Waals surface area contributed by atoms with Crippen LogP contribution in [0.5, 0.6) is 5.88 Å².